The fourth-order valence-corrected chi connectivity index (χ4v) is 5.81. The van der Waals surface area contributed by atoms with E-state index in [2.05, 4.69) is 22.1 Å². The summed E-state index contributed by atoms with van der Waals surface area (Å²) < 4.78 is 11.5. The highest BCUT2D eigenvalue weighted by atomic mass is 16.6. The summed E-state index contributed by atoms with van der Waals surface area (Å²) in [7, 11) is 0. The van der Waals surface area contributed by atoms with Gasteiger partial charge in [-0.3, -0.25) is 14.5 Å². The number of benzene rings is 2. The molecule has 0 spiro atoms. The molecule has 1 atom stereocenters. The van der Waals surface area contributed by atoms with Gasteiger partial charge in [0.05, 0.1) is 18.3 Å². The first-order valence-electron chi connectivity index (χ1n) is 15.4. The summed E-state index contributed by atoms with van der Waals surface area (Å²) in [4.78, 5) is 44.7. The minimum atomic E-state index is -0.874. The van der Waals surface area contributed by atoms with Gasteiger partial charge in [-0.15, -0.1) is 0 Å². The van der Waals surface area contributed by atoms with Crippen LogP contribution in [-0.2, 0) is 17.8 Å². The van der Waals surface area contributed by atoms with Crippen LogP contribution in [0.15, 0.2) is 66.9 Å². The van der Waals surface area contributed by atoms with Gasteiger partial charge in [0.2, 0.25) is 5.88 Å². The van der Waals surface area contributed by atoms with Crippen LogP contribution in [0.1, 0.15) is 66.9 Å². The molecule has 2 N–H and O–H groups in total. The third-order valence-electron chi connectivity index (χ3n) is 8.29. The van der Waals surface area contributed by atoms with Crippen LogP contribution in [0.4, 0.5) is 10.5 Å². The lowest BCUT2D eigenvalue weighted by molar-refractivity contribution is -0.136. The minimum Gasteiger partial charge on any atom is -0.490 e. The van der Waals surface area contributed by atoms with E-state index in [1.165, 1.54) is 31.0 Å². The van der Waals surface area contributed by atoms with E-state index >= 15 is 0 Å². The van der Waals surface area contributed by atoms with Crippen molar-refractivity contribution in [3.63, 3.8) is 0 Å². The average Bonchev–Trinajstić information content (AvgIpc) is 3.03. The molecule has 10 nitrogen and oxygen atoms in total. The van der Waals surface area contributed by atoms with E-state index in [-0.39, 0.29) is 24.3 Å². The fourth-order valence-electron chi connectivity index (χ4n) is 5.81. The lowest BCUT2D eigenvalue weighted by Gasteiger charge is -2.35. The molecule has 0 saturated carbocycles. The molecular weight excluding hydrogens is 560 g/mol. The van der Waals surface area contributed by atoms with E-state index in [1.807, 2.05) is 24.3 Å². The predicted octanol–water partition coefficient (Wildman–Crippen LogP) is 5.77. The number of aromatic nitrogens is 1. The number of pyridine rings is 1. The lowest BCUT2D eigenvalue weighted by atomic mass is 9.99. The molecule has 10 heteroatoms. The van der Waals surface area contributed by atoms with Gasteiger partial charge in [0, 0.05) is 50.1 Å². The van der Waals surface area contributed by atoms with Gasteiger partial charge in [0.1, 0.15) is 11.9 Å². The highest BCUT2D eigenvalue weighted by Gasteiger charge is 2.26. The Morgan fingerprint density at radius 1 is 0.909 bits per heavy atom. The zero-order valence-electron chi connectivity index (χ0n) is 25.1. The number of carbonyl (C=O) groups is 3. The highest BCUT2D eigenvalue weighted by Crippen LogP contribution is 2.23. The number of aliphatic carboxylic acids is 1. The Kier molecular flexibility index (Phi) is 10.5. The van der Waals surface area contributed by atoms with Gasteiger partial charge in [-0.25, -0.2) is 9.78 Å². The van der Waals surface area contributed by atoms with Crippen molar-refractivity contribution >= 4 is 23.7 Å². The van der Waals surface area contributed by atoms with Gasteiger partial charge < -0.3 is 24.8 Å². The molecule has 0 aliphatic carbocycles. The van der Waals surface area contributed by atoms with Crippen LogP contribution in [-0.4, -0.2) is 69.6 Å². The smallest absolute Gasteiger partial charge is 0.416 e. The number of likely N-dealkylation sites (tertiary alicyclic amines) is 2. The molecule has 5 rings (SSSR count). The second-order valence-corrected chi connectivity index (χ2v) is 11.5. The zero-order valence-corrected chi connectivity index (χ0v) is 25.1. The van der Waals surface area contributed by atoms with Gasteiger partial charge in [0.15, 0.2) is 0 Å². The van der Waals surface area contributed by atoms with E-state index in [1.54, 1.807) is 41.3 Å². The van der Waals surface area contributed by atoms with Gasteiger partial charge >= 0.3 is 12.1 Å². The zero-order chi connectivity index (χ0) is 30.9. The third kappa shape index (κ3) is 8.57. The van der Waals surface area contributed by atoms with E-state index < -0.39 is 12.1 Å². The van der Waals surface area contributed by atoms with Crippen LogP contribution in [0.3, 0.4) is 0 Å². The molecule has 232 valence electrons. The molecule has 1 unspecified atom stereocenters. The SMILES string of the molecule is CCC1CCCCN1Cc1ccc(C(=O)Nc2ccc(OC(=O)N3CCC(Oc4ccc(CC(=O)O)cc4)CC3)nc2)cc1. The van der Waals surface area contributed by atoms with Crippen LogP contribution in [0.2, 0.25) is 0 Å². The summed E-state index contributed by atoms with van der Waals surface area (Å²) in [5.41, 5.74) is 2.99. The van der Waals surface area contributed by atoms with Crippen molar-refractivity contribution in [2.75, 3.05) is 25.0 Å². The van der Waals surface area contributed by atoms with E-state index in [0.717, 1.165) is 19.5 Å². The number of ether oxygens (including phenoxy) is 2. The molecule has 2 saturated heterocycles. The normalized spacial score (nSPS) is 17.6. The average molecular weight is 601 g/mol. The summed E-state index contributed by atoms with van der Waals surface area (Å²) in [5, 5.41) is 11.8. The van der Waals surface area contributed by atoms with E-state index in [0.29, 0.717) is 54.5 Å². The van der Waals surface area contributed by atoms with Crippen LogP contribution in [0.5, 0.6) is 11.6 Å². The minimum absolute atomic E-state index is 0.0277. The number of carboxylic acids is 1. The Morgan fingerprint density at radius 2 is 1.64 bits per heavy atom. The number of hydrogen-bond acceptors (Lipinski definition) is 7. The first-order chi connectivity index (χ1) is 21.4. The van der Waals surface area contributed by atoms with Crippen molar-refractivity contribution in [1.82, 2.24) is 14.8 Å². The molecule has 3 heterocycles. The molecule has 0 radical (unpaired) electrons. The highest BCUT2D eigenvalue weighted by molar-refractivity contribution is 6.04. The Balaban J connectivity index is 1.05. The summed E-state index contributed by atoms with van der Waals surface area (Å²) >= 11 is 0. The number of rotatable bonds is 10. The maximum atomic E-state index is 12.8. The van der Waals surface area contributed by atoms with Crippen LogP contribution < -0.4 is 14.8 Å². The van der Waals surface area contributed by atoms with Gasteiger partial charge in [-0.1, -0.05) is 37.6 Å². The number of nitrogens with zero attached hydrogens (tertiary/aromatic N) is 3. The maximum absolute atomic E-state index is 12.8. The van der Waals surface area contributed by atoms with Crippen molar-refractivity contribution < 1.29 is 29.0 Å². The van der Waals surface area contributed by atoms with Crippen LogP contribution in [0.25, 0.3) is 0 Å². The maximum Gasteiger partial charge on any atom is 0.416 e. The Hall–Kier alpha value is -4.44. The van der Waals surface area contributed by atoms with Crippen LogP contribution in [0, 0.1) is 0 Å². The summed E-state index contributed by atoms with van der Waals surface area (Å²) in [6.45, 7) is 5.23. The fraction of sp³-hybridized carbons (Fsp3) is 0.412. The van der Waals surface area contributed by atoms with Crippen molar-refractivity contribution in [3.05, 3.63) is 83.6 Å². The number of anilines is 1. The standard InChI is InChI=1S/C34H40N4O6/c1-2-28-5-3-4-18-38(28)23-25-6-10-26(11-7-25)33(41)36-27-12-15-31(35-22-27)44-34(42)37-19-16-30(17-20-37)43-29-13-8-24(9-14-29)21-32(39)40/h6-15,22,28,30H,2-5,16-21,23H2,1H3,(H,36,41)(H,39,40). The van der Waals surface area contributed by atoms with Crippen LogP contribution >= 0.6 is 0 Å². The second kappa shape index (κ2) is 14.8. The van der Waals surface area contributed by atoms with Gasteiger partial charge in [0.25, 0.3) is 5.91 Å². The second-order valence-electron chi connectivity index (χ2n) is 11.5. The number of amides is 2. The van der Waals surface area contributed by atoms with Crippen molar-refractivity contribution in [2.24, 2.45) is 0 Å². The Morgan fingerprint density at radius 3 is 2.30 bits per heavy atom. The molecule has 2 aliphatic heterocycles. The molecule has 0 bridgehead atoms. The topological polar surface area (TPSA) is 121 Å². The summed E-state index contributed by atoms with van der Waals surface area (Å²) in [6, 6.07) is 18.6. The predicted molar refractivity (Wildman–Crippen MR) is 166 cm³/mol. The van der Waals surface area contributed by atoms with Gasteiger partial charge in [-0.2, -0.15) is 0 Å². The quantitative estimate of drug-likeness (QED) is 0.301. The first-order valence-corrected chi connectivity index (χ1v) is 15.4. The third-order valence-corrected chi connectivity index (χ3v) is 8.29. The number of carboxylic acid groups (broad SMARTS) is 1. The largest absolute Gasteiger partial charge is 0.490 e. The summed E-state index contributed by atoms with van der Waals surface area (Å²) in [5.74, 6) is -0.277. The molecule has 1 aromatic heterocycles. The molecule has 3 aromatic rings. The molecular formula is C34H40N4O6. The number of nitrogens with one attached hydrogen (secondary N) is 1. The lowest BCUT2D eigenvalue weighted by Crippen LogP contribution is -2.43. The monoisotopic (exact) mass is 600 g/mol. The molecule has 2 aliphatic rings. The molecule has 44 heavy (non-hydrogen) atoms. The van der Waals surface area contributed by atoms with Crippen molar-refractivity contribution in [3.8, 4) is 11.6 Å². The summed E-state index contributed by atoms with van der Waals surface area (Å²) in [6.07, 6.45) is 7.16. The Labute approximate surface area is 258 Å². The van der Waals surface area contributed by atoms with Crippen molar-refractivity contribution in [2.45, 2.75) is 70.6 Å². The Bertz CT molecular complexity index is 1400. The van der Waals surface area contributed by atoms with Crippen molar-refractivity contribution in [1.29, 1.82) is 0 Å². The number of piperidine rings is 2. The molecule has 2 aromatic carbocycles. The molecule has 2 amide bonds. The van der Waals surface area contributed by atoms with Gasteiger partial charge in [-0.05, 0) is 67.3 Å². The first kappa shape index (κ1) is 31.0. The molecule has 2 fully saturated rings. The number of carbonyl (C=O) groups excluding carboxylic acids is 2. The van der Waals surface area contributed by atoms with E-state index in [4.69, 9.17) is 14.6 Å². The number of hydrogen-bond donors (Lipinski definition) is 2. The van der Waals surface area contributed by atoms with E-state index in [9.17, 15) is 14.4 Å².